The van der Waals surface area contributed by atoms with E-state index in [9.17, 15) is 0 Å². The van der Waals surface area contributed by atoms with Gasteiger partial charge in [0.2, 0.25) is 0 Å². The highest BCUT2D eigenvalue weighted by Gasteiger charge is 2.23. The van der Waals surface area contributed by atoms with E-state index in [1.807, 2.05) is 12.1 Å². The highest BCUT2D eigenvalue weighted by Crippen LogP contribution is 2.35. The molecule has 1 aromatic rings. The molecular formula is C14H22N2. The summed E-state index contributed by atoms with van der Waals surface area (Å²) in [4.78, 5) is 0. The zero-order chi connectivity index (χ0) is 11.4. The summed E-state index contributed by atoms with van der Waals surface area (Å²) in [5.41, 5.74) is 14.0. The number of anilines is 1. The first-order chi connectivity index (χ1) is 7.81. The molecule has 0 aliphatic heterocycles. The van der Waals surface area contributed by atoms with Gasteiger partial charge in [-0.15, -0.1) is 0 Å². The summed E-state index contributed by atoms with van der Waals surface area (Å²) in [5, 5.41) is 0. The molecule has 2 rings (SSSR count). The van der Waals surface area contributed by atoms with Crippen LogP contribution >= 0.6 is 0 Å². The van der Waals surface area contributed by atoms with Gasteiger partial charge in [-0.1, -0.05) is 31.4 Å². The van der Waals surface area contributed by atoms with Crippen LogP contribution in [0, 0.1) is 5.92 Å². The Hall–Kier alpha value is -1.02. The summed E-state index contributed by atoms with van der Waals surface area (Å²) < 4.78 is 0. The van der Waals surface area contributed by atoms with Crippen molar-refractivity contribution in [3.8, 4) is 0 Å². The minimum absolute atomic E-state index is 0.504. The van der Waals surface area contributed by atoms with Crippen molar-refractivity contribution in [2.24, 2.45) is 11.7 Å². The van der Waals surface area contributed by atoms with Crippen molar-refractivity contribution in [3.63, 3.8) is 0 Å². The van der Waals surface area contributed by atoms with Gasteiger partial charge in [-0.3, -0.25) is 0 Å². The van der Waals surface area contributed by atoms with Gasteiger partial charge in [0, 0.05) is 5.69 Å². The number of rotatable bonds is 3. The average molecular weight is 218 g/mol. The Kier molecular flexibility index (Phi) is 3.83. The SMILES string of the molecule is NCC(c1cccc(N)c1)C1CCCCC1. The first kappa shape index (κ1) is 11.5. The van der Waals surface area contributed by atoms with E-state index in [2.05, 4.69) is 12.1 Å². The van der Waals surface area contributed by atoms with E-state index in [0.29, 0.717) is 5.92 Å². The number of hydrogen-bond donors (Lipinski definition) is 2. The van der Waals surface area contributed by atoms with Crippen LogP contribution in [-0.2, 0) is 0 Å². The maximum atomic E-state index is 5.94. The quantitative estimate of drug-likeness (QED) is 0.766. The monoisotopic (exact) mass is 218 g/mol. The van der Waals surface area contributed by atoms with E-state index in [4.69, 9.17) is 11.5 Å². The van der Waals surface area contributed by atoms with Crippen LogP contribution in [0.1, 0.15) is 43.6 Å². The molecule has 4 N–H and O–H groups in total. The predicted molar refractivity (Wildman–Crippen MR) is 69.2 cm³/mol. The van der Waals surface area contributed by atoms with E-state index in [1.165, 1.54) is 37.7 Å². The lowest BCUT2D eigenvalue weighted by Gasteiger charge is -2.29. The Morgan fingerprint density at radius 1 is 1.19 bits per heavy atom. The molecule has 0 spiro atoms. The number of nitrogen functional groups attached to an aromatic ring is 1. The summed E-state index contributed by atoms with van der Waals surface area (Å²) in [6.07, 6.45) is 6.78. The Labute approximate surface area is 98.0 Å². The minimum Gasteiger partial charge on any atom is -0.399 e. The van der Waals surface area contributed by atoms with Crippen LogP contribution in [0.25, 0.3) is 0 Å². The molecule has 2 nitrogen and oxygen atoms in total. The van der Waals surface area contributed by atoms with Crippen LogP contribution in [-0.4, -0.2) is 6.54 Å². The zero-order valence-electron chi connectivity index (χ0n) is 9.86. The van der Waals surface area contributed by atoms with Gasteiger partial charge in [0.1, 0.15) is 0 Å². The number of nitrogens with two attached hydrogens (primary N) is 2. The maximum absolute atomic E-state index is 5.94. The molecule has 1 fully saturated rings. The van der Waals surface area contributed by atoms with Crippen molar-refractivity contribution in [2.75, 3.05) is 12.3 Å². The molecule has 16 heavy (non-hydrogen) atoms. The van der Waals surface area contributed by atoms with E-state index >= 15 is 0 Å². The lowest BCUT2D eigenvalue weighted by Crippen LogP contribution is -2.23. The topological polar surface area (TPSA) is 52.0 Å². The molecule has 1 atom stereocenters. The van der Waals surface area contributed by atoms with Crippen molar-refractivity contribution in [1.29, 1.82) is 0 Å². The smallest absolute Gasteiger partial charge is 0.0316 e. The van der Waals surface area contributed by atoms with Gasteiger partial charge in [0.15, 0.2) is 0 Å². The van der Waals surface area contributed by atoms with Crippen LogP contribution < -0.4 is 11.5 Å². The largest absolute Gasteiger partial charge is 0.399 e. The molecule has 0 heterocycles. The van der Waals surface area contributed by atoms with Crippen LogP contribution in [0.5, 0.6) is 0 Å². The summed E-state index contributed by atoms with van der Waals surface area (Å²) in [5.74, 6) is 1.27. The van der Waals surface area contributed by atoms with Crippen molar-refractivity contribution in [3.05, 3.63) is 29.8 Å². The number of benzene rings is 1. The van der Waals surface area contributed by atoms with Gasteiger partial charge in [-0.05, 0) is 48.9 Å². The van der Waals surface area contributed by atoms with Crippen LogP contribution in [0.4, 0.5) is 5.69 Å². The molecule has 88 valence electrons. The molecule has 0 radical (unpaired) electrons. The fraction of sp³-hybridized carbons (Fsp3) is 0.571. The van der Waals surface area contributed by atoms with Crippen molar-refractivity contribution < 1.29 is 0 Å². The van der Waals surface area contributed by atoms with E-state index in [-0.39, 0.29) is 0 Å². The molecule has 1 saturated carbocycles. The second-order valence-electron chi connectivity index (χ2n) is 4.91. The lowest BCUT2D eigenvalue weighted by molar-refractivity contribution is 0.307. The Morgan fingerprint density at radius 2 is 1.94 bits per heavy atom. The Bertz CT molecular complexity index is 329. The standard InChI is InChI=1S/C14H22N2/c15-10-14(11-5-2-1-3-6-11)12-7-4-8-13(16)9-12/h4,7-9,11,14H,1-3,5-6,10,15-16H2. The highest BCUT2D eigenvalue weighted by atomic mass is 14.6. The first-order valence-corrected chi connectivity index (χ1v) is 6.37. The molecule has 0 bridgehead atoms. The zero-order valence-corrected chi connectivity index (χ0v) is 9.86. The van der Waals surface area contributed by atoms with Crippen LogP contribution in [0.3, 0.4) is 0 Å². The Morgan fingerprint density at radius 3 is 2.56 bits per heavy atom. The van der Waals surface area contributed by atoms with Gasteiger partial charge in [-0.25, -0.2) is 0 Å². The average Bonchev–Trinajstić information content (AvgIpc) is 2.31. The minimum atomic E-state index is 0.504. The van der Waals surface area contributed by atoms with Crippen molar-refractivity contribution in [1.82, 2.24) is 0 Å². The molecule has 0 aromatic heterocycles. The normalized spacial score (nSPS) is 19.6. The molecular weight excluding hydrogens is 196 g/mol. The molecule has 1 aliphatic carbocycles. The third-order valence-electron chi connectivity index (χ3n) is 3.81. The molecule has 2 heteroatoms. The Balaban J connectivity index is 2.14. The fourth-order valence-electron chi connectivity index (χ4n) is 2.93. The van der Waals surface area contributed by atoms with Crippen molar-refractivity contribution >= 4 is 5.69 Å². The van der Waals surface area contributed by atoms with Gasteiger partial charge in [-0.2, -0.15) is 0 Å². The summed E-state index contributed by atoms with van der Waals surface area (Å²) >= 11 is 0. The first-order valence-electron chi connectivity index (χ1n) is 6.37. The summed E-state index contributed by atoms with van der Waals surface area (Å²) in [6.45, 7) is 0.744. The highest BCUT2D eigenvalue weighted by molar-refractivity contribution is 5.42. The fourth-order valence-corrected chi connectivity index (χ4v) is 2.93. The second kappa shape index (κ2) is 5.35. The van der Waals surface area contributed by atoms with E-state index in [0.717, 1.165) is 18.2 Å². The van der Waals surface area contributed by atoms with Gasteiger partial charge in [0.05, 0.1) is 0 Å². The van der Waals surface area contributed by atoms with Gasteiger partial charge < -0.3 is 11.5 Å². The van der Waals surface area contributed by atoms with Crippen molar-refractivity contribution in [2.45, 2.75) is 38.0 Å². The van der Waals surface area contributed by atoms with Crippen LogP contribution in [0.15, 0.2) is 24.3 Å². The molecule has 1 aliphatic rings. The molecule has 0 saturated heterocycles. The second-order valence-corrected chi connectivity index (χ2v) is 4.91. The van der Waals surface area contributed by atoms with E-state index in [1.54, 1.807) is 0 Å². The summed E-state index contributed by atoms with van der Waals surface area (Å²) in [6, 6.07) is 8.24. The van der Waals surface area contributed by atoms with Gasteiger partial charge in [0.25, 0.3) is 0 Å². The third-order valence-corrected chi connectivity index (χ3v) is 3.81. The molecule has 0 amide bonds. The number of hydrogen-bond acceptors (Lipinski definition) is 2. The van der Waals surface area contributed by atoms with Crippen LogP contribution in [0.2, 0.25) is 0 Å². The predicted octanol–water partition coefficient (Wildman–Crippen LogP) is 2.89. The molecule has 1 aromatic carbocycles. The summed E-state index contributed by atoms with van der Waals surface area (Å²) in [7, 11) is 0. The van der Waals surface area contributed by atoms with E-state index < -0.39 is 0 Å². The molecule has 1 unspecified atom stereocenters. The lowest BCUT2D eigenvalue weighted by atomic mass is 9.77. The van der Waals surface area contributed by atoms with Gasteiger partial charge >= 0.3 is 0 Å². The maximum Gasteiger partial charge on any atom is 0.0316 e. The third kappa shape index (κ3) is 2.56.